The molecule has 1 aromatic heterocycles. The maximum absolute atomic E-state index is 12.4. The van der Waals surface area contributed by atoms with Gasteiger partial charge in [0, 0.05) is 10.6 Å². The number of ether oxygens (including phenoxy) is 1. The molecule has 0 saturated heterocycles. The Morgan fingerprint density at radius 2 is 1.82 bits per heavy atom. The van der Waals surface area contributed by atoms with Crippen molar-refractivity contribution in [2.24, 2.45) is 5.41 Å². The van der Waals surface area contributed by atoms with E-state index in [1.165, 1.54) is 0 Å². The normalized spacial score (nSPS) is 12.4. The molecule has 1 heterocycles. The lowest BCUT2D eigenvalue weighted by atomic mass is 9.86. The zero-order valence-electron chi connectivity index (χ0n) is 16.0. The molecule has 0 spiro atoms. The Kier molecular flexibility index (Phi) is 5.99. The van der Waals surface area contributed by atoms with E-state index in [0.717, 1.165) is 5.56 Å². The van der Waals surface area contributed by atoms with Crippen LogP contribution in [0.5, 0.6) is 5.75 Å². The Balaban J connectivity index is 1.70. The molecule has 2 aromatic carbocycles. The maximum Gasteiger partial charge on any atom is 0.258 e. The van der Waals surface area contributed by atoms with E-state index in [1.54, 1.807) is 24.3 Å². The number of carbonyl (C=O) groups is 1. The Labute approximate surface area is 168 Å². The summed E-state index contributed by atoms with van der Waals surface area (Å²) in [6, 6.07) is 15.9. The van der Waals surface area contributed by atoms with Crippen LogP contribution in [0.3, 0.4) is 0 Å². The molecule has 0 radical (unpaired) electrons. The van der Waals surface area contributed by atoms with E-state index in [2.05, 4.69) is 15.5 Å². The van der Waals surface area contributed by atoms with Crippen molar-refractivity contribution in [2.75, 3.05) is 6.61 Å². The van der Waals surface area contributed by atoms with Crippen LogP contribution in [0.15, 0.2) is 59.1 Å². The van der Waals surface area contributed by atoms with Crippen LogP contribution in [0.4, 0.5) is 0 Å². The fourth-order valence-electron chi connectivity index (χ4n) is 2.59. The molecule has 1 N–H and O–H groups in total. The lowest BCUT2D eigenvalue weighted by Crippen LogP contribution is -2.39. The van der Waals surface area contributed by atoms with Crippen molar-refractivity contribution in [3.63, 3.8) is 0 Å². The van der Waals surface area contributed by atoms with E-state index in [9.17, 15) is 4.79 Å². The van der Waals surface area contributed by atoms with E-state index in [1.807, 2.05) is 51.1 Å². The van der Waals surface area contributed by atoms with Gasteiger partial charge in [-0.15, -0.1) is 0 Å². The lowest BCUT2D eigenvalue weighted by Gasteiger charge is -2.28. The number of rotatable bonds is 6. The summed E-state index contributed by atoms with van der Waals surface area (Å²) in [5.74, 6) is 1.12. The highest BCUT2D eigenvalue weighted by molar-refractivity contribution is 6.30. The molecule has 0 fully saturated rings. The molecule has 146 valence electrons. The minimum atomic E-state index is -0.459. The zero-order chi connectivity index (χ0) is 20.1. The van der Waals surface area contributed by atoms with Gasteiger partial charge >= 0.3 is 0 Å². The zero-order valence-corrected chi connectivity index (χ0v) is 16.7. The largest absolute Gasteiger partial charge is 0.484 e. The van der Waals surface area contributed by atoms with Crippen molar-refractivity contribution in [1.29, 1.82) is 0 Å². The lowest BCUT2D eigenvalue weighted by molar-refractivity contribution is -0.124. The quantitative estimate of drug-likeness (QED) is 0.651. The van der Waals surface area contributed by atoms with Gasteiger partial charge in [0.15, 0.2) is 6.61 Å². The number of amides is 1. The van der Waals surface area contributed by atoms with Gasteiger partial charge < -0.3 is 14.6 Å². The first-order valence-corrected chi connectivity index (χ1v) is 9.27. The van der Waals surface area contributed by atoms with Crippen LogP contribution in [0.25, 0.3) is 11.4 Å². The summed E-state index contributed by atoms with van der Waals surface area (Å²) >= 11 is 5.85. The van der Waals surface area contributed by atoms with Crippen LogP contribution in [-0.4, -0.2) is 22.7 Å². The number of carbonyl (C=O) groups excluding carboxylic acids is 1. The number of halogens is 1. The summed E-state index contributed by atoms with van der Waals surface area (Å²) in [6.45, 7) is 5.84. The molecule has 6 nitrogen and oxygen atoms in total. The monoisotopic (exact) mass is 399 g/mol. The van der Waals surface area contributed by atoms with Gasteiger partial charge in [-0.3, -0.25) is 4.79 Å². The summed E-state index contributed by atoms with van der Waals surface area (Å²) in [4.78, 5) is 16.9. The van der Waals surface area contributed by atoms with Gasteiger partial charge in [0.05, 0.1) is 0 Å². The third kappa shape index (κ3) is 5.10. The fourth-order valence-corrected chi connectivity index (χ4v) is 2.71. The van der Waals surface area contributed by atoms with Crippen molar-refractivity contribution in [2.45, 2.75) is 26.8 Å². The van der Waals surface area contributed by atoms with Crippen molar-refractivity contribution >= 4 is 17.5 Å². The average Bonchev–Trinajstić information content (AvgIpc) is 3.15. The second-order valence-corrected chi connectivity index (χ2v) is 7.87. The second kappa shape index (κ2) is 8.44. The number of nitrogens with zero attached hydrogens (tertiary/aromatic N) is 2. The van der Waals surface area contributed by atoms with Gasteiger partial charge in [0.25, 0.3) is 5.91 Å². The van der Waals surface area contributed by atoms with Gasteiger partial charge in [0.2, 0.25) is 11.7 Å². The molecule has 0 saturated carbocycles. The summed E-state index contributed by atoms with van der Waals surface area (Å²) in [7, 11) is 0. The predicted molar refractivity (Wildman–Crippen MR) is 107 cm³/mol. The SMILES string of the molecule is CC(C)(C)[C@H](NC(=O)COc1ccc(Cl)cc1)c1nc(-c2ccccc2)no1. The van der Waals surface area contributed by atoms with Crippen LogP contribution in [-0.2, 0) is 4.79 Å². The van der Waals surface area contributed by atoms with Gasteiger partial charge in [-0.1, -0.05) is 67.9 Å². The number of hydrogen-bond acceptors (Lipinski definition) is 5. The molecule has 0 unspecified atom stereocenters. The van der Waals surface area contributed by atoms with Gasteiger partial charge in [-0.2, -0.15) is 4.98 Å². The van der Waals surface area contributed by atoms with Crippen LogP contribution < -0.4 is 10.1 Å². The number of benzene rings is 2. The Bertz CT molecular complexity index is 918. The summed E-state index contributed by atoms with van der Waals surface area (Å²) in [5, 5.41) is 7.59. The maximum atomic E-state index is 12.4. The topological polar surface area (TPSA) is 77.2 Å². The third-order valence-corrected chi connectivity index (χ3v) is 4.33. The van der Waals surface area contributed by atoms with E-state index < -0.39 is 6.04 Å². The summed E-state index contributed by atoms with van der Waals surface area (Å²) < 4.78 is 11.0. The molecule has 28 heavy (non-hydrogen) atoms. The Morgan fingerprint density at radius 1 is 1.14 bits per heavy atom. The summed E-state index contributed by atoms with van der Waals surface area (Å²) in [5.41, 5.74) is 0.513. The number of hydrogen-bond donors (Lipinski definition) is 1. The molecule has 0 aliphatic heterocycles. The van der Waals surface area contributed by atoms with Crippen LogP contribution in [0.1, 0.15) is 32.7 Å². The molecular formula is C21H22ClN3O3. The molecule has 0 bridgehead atoms. The van der Waals surface area contributed by atoms with E-state index in [-0.39, 0.29) is 17.9 Å². The Hall–Kier alpha value is -2.86. The molecule has 1 amide bonds. The number of nitrogens with one attached hydrogen (secondary N) is 1. The van der Waals surface area contributed by atoms with Crippen LogP contribution in [0, 0.1) is 5.41 Å². The van der Waals surface area contributed by atoms with Crippen molar-refractivity contribution in [3.8, 4) is 17.1 Å². The smallest absolute Gasteiger partial charge is 0.258 e. The van der Waals surface area contributed by atoms with Crippen molar-refractivity contribution in [1.82, 2.24) is 15.5 Å². The predicted octanol–water partition coefficient (Wildman–Crippen LogP) is 4.67. The highest BCUT2D eigenvalue weighted by Gasteiger charge is 2.33. The van der Waals surface area contributed by atoms with Crippen molar-refractivity contribution in [3.05, 3.63) is 65.5 Å². The van der Waals surface area contributed by atoms with Crippen LogP contribution in [0.2, 0.25) is 5.02 Å². The fraction of sp³-hybridized carbons (Fsp3) is 0.286. The average molecular weight is 400 g/mol. The molecular weight excluding hydrogens is 378 g/mol. The molecule has 3 rings (SSSR count). The standard InChI is InChI=1S/C21H22ClN3O3/c1-21(2,3)18(20-24-19(25-28-20)14-7-5-4-6-8-14)23-17(26)13-27-16-11-9-15(22)10-12-16/h4-12,18H,13H2,1-3H3,(H,23,26)/t18-/m1/s1. The first-order chi connectivity index (χ1) is 13.3. The third-order valence-electron chi connectivity index (χ3n) is 4.08. The Morgan fingerprint density at radius 3 is 2.46 bits per heavy atom. The minimum absolute atomic E-state index is 0.131. The molecule has 3 aromatic rings. The second-order valence-electron chi connectivity index (χ2n) is 7.43. The minimum Gasteiger partial charge on any atom is -0.484 e. The molecule has 0 aliphatic rings. The highest BCUT2D eigenvalue weighted by Crippen LogP contribution is 2.32. The van der Waals surface area contributed by atoms with Crippen LogP contribution >= 0.6 is 11.6 Å². The molecule has 0 aliphatic carbocycles. The molecule has 7 heteroatoms. The highest BCUT2D eigenvalue weighted by atomic mass is 35.5. The van der Waals surface area contributed by atoms with E-state index in [4.69, 9.17) is 20.9 Å². The number of aromatic nitrogens is 2. The van der Waals surface area contributed by atoms with Gasteiger partial charge in [-0.05, 0) is 29.7 Å². The first-order valence-electron chi connectivity index (χ1n) is 8.90. The van der Waals surface area contributed by atoms with Gasteiger partial charge in [-0.25, -0.2) is 0 Å². The first kappa shape index (κ1) is 19.9. The van der Waals surface area contributed by atoms with E-state index in [0.29, 0.717) is 22.5 Å². The van der Waals surface area contributed by atoms with E-state index >= 15 is 0 Å². The van der Waals surface area contributed by atoms with Crippen molar-refractivity contribution < 1.29 is 14.1 Å². The summed E-state index contributed by atoms with van der Waals surface area (Å²) in [6.07, 6.45) is 0. The van der Waals surface area contributed by atoms with Gasteiger partial charge in [0.1, 0.15) is 11.8 Å². The molecule has 1 atom stereocenters.